The zero-order valence-corrected chi connectivity index (χ0v) is 15.1. The number of para-hydroxylation sites is 1. The highest BCUT2D eigenvalue weighted by Crippen LogP contribution is 2.20. The number of nitrogens with zero attached hydrogens (tertiary/aromatic N) is 4. The summed E-state index contributed by atoms with van der Waals surface area (Å²) in [5, 5.41) is 10.4. The van der Waals surface area contributed by atoms with Crippen LogP contribution in [0.4, 0.5) is 5.69 Å². The number of hydrogen-bond donors (Lipinski definition) is 2. The molecule has 1 saturated heterocycles. The lowest BCUT2D eigenvalue weighted by Gasteiger charge is -2.19. The fraction of sp³-hybridized carbons (Fsp3) is 0.444. The van der Waals surface area contributed by atoms with Crippen LogP contribution in [0.25, 0.3) is 0 Å². The molecule has 26 heavy (non-hydrogen) atoms. The number of anilines is 1. The molecule has 1 amide bonds. The van der Waals surface area contributed by atoms with E-state index >= 15 is 0 Å². The molecule has 0 radical (unpaired) electrons. The van der Waals surface area contributed by atoms with Gasteiger partial charge in [0.15, 0.2) is 11.8 Å². The standard InChI is InChI=1S/C18H24N6O2/c1-13-21-16(26-23-13)9-6-10-20-18(19-2)22-14-11-17(25)24(12-14)15-7-4-3-5-8-15/h3-5,7-8,14H,6,9-12H2,1-2H3,(H2,19,20,22). The zero-order valence-electron chi connectivity index (χ0n) is 15.1. The Bertz CT molecular complexity index is 758. The van der Waals surface area contributed by atoms with E-state index in [2.05, 4.69) is 25.8 Å². The normalized spacial score (nSPS) is 17.6. The van der Waals surface area contributed by atoms with Gasteiger partial charge in [-0.15, -0.1) is 0 Å². The van der Waals surface area contributed by atoms with Gasteiger partial charge in [0.2, 0.25) is 11.8 Å². The number of carbonyl (C=O) groups excluding carboxylic acids is 1. The predicted octanol–water partition coefficient (Wildman–Crippen LogP) is 1.28. The Labute approximate surface area is 152 Å². The lowest BCUT2D eigenvalue weighted by atomic mass is 10.2. The second-order valence-electron chi connectivity index (χ2n) is 6.22. The summed E-state index contributed by atoms with van der Waals surface area (Å²) in [6.45, 7) is 3.16. The van der Waals surface area contributed by atoms with Crippen molar-refractivity contribution in [2.45, 2.75) is 32.2 Å². The van der Waals surface area contributed by atoms with Crippen molar-refractivity contribution in [1.82, 2.24) is 20.8 Å². The molecule has 0 aliphatic carbocycles. The molecule has 0 spiro atoms. The minimum atomic E-state index is 0.0347. The van der Waals surface area contributed by atoms with Crippen LogP contribution in [0, 0.1) is 6.92 Å². The quantitative estimate of drug-likeness (QED) is 0.460. The van der Waals surface area contributed by atoms with Crippen molar-refractivity contribution in [2.24, 2.45) is 4.99 Å². The third-order valence-electron chi connectivity index (χ3n) is 4.19. The lowest BCUT2D eigenvalue weighted by molar-refractivity contribution is -0.117. The first-order valence-electron chi connectivity index (χ1n) is 8.77. The van der Waals surface area contributed by atoms with E-state index in [0.717, 1.165) is 18.7 Å². The first-order chi connectivity index (χ1) is 12.7. The maximum absolute atomic E-state index is 12.3. The number of rotatable bonds is 6. The molecule has 0 bridgehead atoms. The van der Waals surface area contributed by atoms with E-state index in [9.17, 15) is 4.79 Å². The third-order valence-corrected chi connectivity index (χ3v) is 4.19. The Morgan fingerprint density at radius 3 is 2.88 bits per heavy atom. The SMILES string of the molecule is CN=C(NCCCc1nc(C)no1)NC1CC(=O)N(c2ccccc2)C1. The summed E-state index contributed by atoms with van der Waals surface area (Å²) in [6, 6.07) is 9.76. The average molecular weight is 356 g/mol. The summed E-state index contributed by atoms with van der Waals surface area (Å²) in [5.74, 6) is 2.11. The molecule has 2 heterocycles. The van der Waals surface area contributed by atoms with Crippen molar-refractivity contribution in [3.8, 4) is 0 Å². The topological polar surface area (TPSA) is 95.6 Å². The fourth-order valence-electron chi connectivity index (χ4n) is 2.94. The summed E-state index contributed by atoms with van der Waals surface area (Å²) in [6.07, 6.45) is 2.02. The molecule has 8 heteroatoms. The van der Waals surface area contributed by atoms with Gasteiger partial charge < -0.3 is 20.1 Å². The number of amides is 1. The van der Waals surface area contributed by atoms with Crippen LogP contribution in [0.3, 0.4) is 0 Å². The van der Waals surface area contributed by atoms with Crippen LogP contribution in [0.5, 0.6) is 0 Å². The average Bonchev–Trinajstić information content (AvgIpc) is 3.23. The molecule has 1 fully saturated rings. The van der Waals surface area contributed by atoms with Crippen LogP contribution in [0.2, 0.25) is 0 Å². The first kappa shape index (κ1) is 17.9. The molecule has 2 N–H and O–H groups in total. The number of aryl methyl sites for hydroxylation is 2. The number of nitrogens with one attached hydrogen (secondary N) is 2. The monoisotopic (exact) mass is 356 g/mol. The lowest BCUT2D eigenvalue weighted by Crippen LogP contribution is -2.44. The maximum Gasteiger partial charge on any atom is 0.229 e. The molecule has 3 rings (SSSR count). The largest absolute Gasteiger partial charge is 0.356 e. The van der Waals surface area contributed by atoms with Crippen molar-refractivity contribution in [3.05, 3.63) is 42.0 Å². The van der Waals surface area contributed by atoms with Gasteiger partial charge in [-0.1, -0.05) is 23.4 Å². The van der Waals surface area contributed by atoms with Gasteiger partial charge in [0.05, 0.1) is 6.04 Å². The summed E-state index contributed by atoms with van der Waals surface area (Å²) in [5.41, 5.74) is 0.930. The van der Waals surface area contributed by atoms with E-state index in [4.69, 9.17) is 4.52 Å². The Balaban J connectivity index is 1.44. The van der Waals surface area contributed by atoms with Crippen LogP contribution in [-0.4, -0.2) is 48.2 Å². The Morgan fingerprint density at radius 2 is 2.19 bits per heavy atom. The van der Waals surface area contributed by atoms with Crippen LogP contribution in [0.15, 0.2) is 39.8 Å². The number of carbonyl (C=O) groups is 1. The summed E-state index contributed by atoms with van der Waals surface area (Å²) < 4.78 is 5.09. The van der Waals surface area contributed by atoms with Crippen molar-refractivity contribution < 1.29 is 9.32 Å². The summed E-state index contributed by atoms with van der Waals surface area (Å²) in [7, 11) is 1.72. The zero-order chi connectivity index (χ0) is 18.4. The van der Waals surface area contributed by atoms with Crippen molar-refractivity contribution in [2.75, 3.05) is 25.0 Å². The Morgan fingerprint density at radius 1 is 1.38 bits per heavy atom. The van der Waals surface area contributed by atoms with Crippen LogP contribution in [-0.2, 0) is 11.2 Å². The molecular formula is C18H24N6O2. The number of aliphatic imine (C=N–C) groups is 1. The number of benzene rings is 1. The molecule has 1 aliphatic rings. The van der Waals surface area contributed by atoms with Gasteiger partial charge >= 0.3 is 0 Å². The van der Waals surface area contributed by atoms with Gasteiger partial charge in [0, 0.05) is 38.7 Å². The molecule has 1 aromatic heterocycles. The third kappa shape index (κ3) is 4.59. The van der Waals surface area contributed by atoms with Crippen molar-refractivity contribution in [1.29, 1.82) is 0 Å². The summed E-state index contributed by atoms with van der Waals surface area (Å²) in [4.78, 5) is 22.5. The number of hydrogen-bond acceptors (Lipinski definition) is 5. The Hall–Kier alpha value is -2.90. The molecule has 1 unspecified atom stereocenters. The molecule has 1 aliphatic heterocycles. The van der Waals surface area contributed by atoms with Crippen molar-refractivity contribution >= 4 is 17.6 Å². The number of guanidine groups is 1. The van der Waals surface area contributed by atoms with Crippen molar-refractivity contribution in [3.63, 3.8) is 0 Å². The highest BCUT2D eigenvalue weighted by Gasteiger charge is 2.30. The second-order valence-corrected chi connectivity index (χ2v) is 6.22. The highest BCUT2D eigenvalue weighted by molar-refractivity contribution is 5.97. The molecule has 1 aromatic carbocycles. The van der Waals surface area contributed by atoms with Crippen LogP contribution >= 0.6 is 0 Å². The van der Waals surface area contributed by atoms with Crippen LogP contribution in [0.1, 0.15) is 24.6 Å². The minimum Gasteiger partial charge on any atom is -0.356 e. The van der Waals surface area contributed by atoms with E-state index in [1.807, 2.05) is 35.2 Å². The summed E-state index contributed by atoms with van der Waals surface area (Å²) >= 11 is 0. The smallest absolute Gasteiger partial charge is 0.229 e. The highest BCUT2D eigenvalue weighted by atomic mass is 16.5. The molecule has 1 atom stereocenters. The van der Waals surface area contributed by atoms with Gasteiger partial charge in [0.1, 0.15) is 0 Å². The van der Waals surface area contributed by atoms with E-state index in [1.54, 1.807) is 14.0 Å². The molecule has 8 nitrogen and oxygen atoms in total. The first-order valence-corrected chi connectivity index (χ1v) is 8.77. The van der Waals surface area contributed by atoms with E-state index in [-0.39, 0.29) is 11.9 Å². The molecule has 138 valence electrons. The maximum atomic E-state index is 12.3. The van der Waals surface area contributed by atoms with E-state index < -0.39 is 0 Å². The van der Waals surface area contributed by atoms with E-state index in [1.165, 1.54) is 0 Å². The second kappa shape index (κ2) is 8.46. The van der Waals surface area contributed by atoms with Gasteiger partial charge in [0.25, 0.3) is 0 Å². The van der Waals surface area contributed by atoms with Gasteiger partial charge in [-0.25, -0.2) is 0 Å². The molecular weight excluding hydrogens is 332 g/mol. The number of aromatic nitrogens is 2. The van der Waals surface area contributed by atoms with Gasteiger partial charge in [-0.05, 0) is 25.5 Å². The Kier molecular flexibility index (Phi) is 5.83. The molecule has 0 saturated carbocycles. The predicted molar refractivity (Wildman–Crippen MR) is 99.1 cm³/mol. The van der Waals surface area contributed by atoms with E-state index in [0.29, 0.717) is 37.1 Å². The van der Waals surface area contributed by atoms with Gasteiger partial charge in [-0.2, -0.15) is 4.98 Å². The molecule has 2 aromatic rings. The fourth-order valence-corrected chi connectivity index (χ4v) is 2.94. The van der Waals surface area contributed by atoms with Gasteiger partial charge in [-0.3, -0.25) is 9.79 Å². The minimum absolute atomic E-state index is 0.0347. The van der Waals surface area contributed by atoms with Crippen LogP contribution < -0.4 is 15.5 Å².